The maximum absolute atomic E-state index is 12.4. The highest BCUT2D eigenvalue weighted by Gasteiger charge is 2.20. The Labute approximate surface area is 160 Å². The summed E-state index contributed by atoms with van der Waals surface area (Å²) in [6.07, 6.45) is 0. The van der Waals surface area contributed by atoms with Gasteiger partial charge in [-0.15, -0.1) is 10.2 Å². The summed E-state index contributed by atoms with van der Waals surface area (Å²) in [5.74, 6) is 6.48. The lowest BCUT2D eigenvalue weighted by Gasteiger charge is -2.12. The molecule has 134 valence electrons. The zero-order chi connectivity index (χ0) is 18.7. The lowest BCUT2D eigenvalue weighted by atomic mass is 10.2. The number of anilines is 1. The zero-order valence-electron chi connectivity index (χ0n) is 14.3. The second-order valence-electron chi connectivity index (χ2n) is 5.80. The Morgan fingerprint density at radius 1 is 1.23 bits per heavy atom. The van der Waals surface area contributed by atoms with Crippen molar-refractivity contribution in [2.75, 3.05) is 11.2 Å². The van der Waals surface area contributed by atoms with Crippen molar-refractivity contribution in [2.45, 2.75) is 24.3 Å². The molecule has 3 N–H and O–H groups in total. The molecule has 3 aromatic rings. The molecule has 0 radical (unpaired) electrons. The van der Waals surface area contributed by atoms with Crippen LogP contribution in [0.15, 0.2) is 53.7 Å². The zero-order valence-corrected chi connectivity index (χ0v) is 15.9. The van der Waals surface area contributed by atoms with Gasteiger partial charge in [0.2, 0.25) is 11.1 Å². The van der Waals surface area contributed by atoms with E-state index in [9.17, 15) is 4.79 Å². The molecule has 1 atom stereocenters. The highest BCUT2D eigenvalue weighted by atomic mass is 35.5. The number of halogens is 1. The molecule has 0 bridgehead atoms. The molecule has 0 aliphatic carbocycles. The van der Waals surface area contributed by atoms with Crippen molar-refractivity contribution in [2.24, 2.45) is 0 Å². The number of rotatable bonds is 5. The average Bonchev–Trinajstić information content (AvgIpc) is 2.96. The molecule has 1 amide bonds. The third kappa shape index (κ3) is 4.17. The van der Waals surface area contributed by atoms with Gasteiger partial charge in [0.05, 0.1) is 5.25 Å². The first-order valence-corrected chi connectivity index (χ1v) is 9.20. The average molecular weight is 388 g/mol. The number of nitrogens with zero attached hydrogens (tertiary/aromatic N) is 3. The van der Waals surface area contributed by atoms with Crippen LogP contribution in [0.5, 0.6) is 0 Å². The first-order valence-electron chi connectivity index (χ1n) is 7.94. The van der Waals surface area contributed by atoms with Crippen LogP contribution in [0.3, 0.4) is 0 Å². The number of benzene rings is 2. The number of aryl methyl sites for hydroxylation is 1. The molecule has 0 aliphatic heterocycles. The first-order chi connectivity index (χ1) is 12.4. The van der Waals surface area contributed by atoms with Gasteiger partial charge in [-0.05, 0) is 55.8 Å². The molecule has 1 aromatic heterocycles. The number of carbonyl (C=O) groups excluding carboxylic acids is 1. The van der Waals surface area contributed by atoms with Crippen molar-refractivity contribution in [1.82, 2.24) is 14.9 Å². The van der Waals surface area contributed by atoms with Gasteiger partial charge in [0, 0.05) is 16.3 Å². The van der Waals surface area contributed by atoms with Gasteiger partial charge in [0.25, 0.3) is 0 Å². The molecule has 0 aliphatic rings. The number of carbonyl (C=O) groups is 1. The van der Waals surface area contributed by atoms with Crippen LogP contribution < -0.4 is 11.2 Å². The van der Waals surface area contributed by atoms with Crippen LogP contribution in [0.25, 0.3) is 11.4 Å². The molecule has 0 saturated carbocycles. The fourth-order valence-electron chi connectivity index (χ4n) is 2.33. The van der Waals surface area contributed by atoms with E-state index in [1.165, 1.54) is 16.4 Å². The predicted octanol–water partition coefficient (Wildman–Crippen LogP) is 3.74. The van der Waals surface area contributed by atoms with Gasteiger partial charge >= 0.3 is 0 Å². The van der Waals surface area contributed by atoms with Gasteiger partial charge in [-0.3, -0.25) is 4.79 Å². The number of nitrogens with two attached hydrogens (primary N) is 1. The van der Waals surface area contributed by atoms with Crippen molar-refractivity contribution < 1.29 is 4.79 Å². The second kappa shape index (κ2) is 7.80. The minimum atomic E-state index is -0.389. The van der Waals surface area contributed by atoms with Gasteiger partial charge in [0.15, 0.2) is 5.82 Å². The molecular formula is C18H18ClN5OS. The van der Waals surface area contributed by atoms with Crippen LogP contribution in [-0.4, -0.2) is 26.0 Å². The fourth-order valence-corrected chi connectivity index (χ4v) is 3.23. The van der Waals surface area contributed by atoms with Crippen LogP contribution in [0, 0.1) is 6.92 Å². The summed E-state index contributed by atoms with van der Waals surface area (Å²) in [5.41, 5.74) is 2.64. The van der Waals surface area contributed by atoms with E-state index >= 15 is 0 Å². The molecule has 0 spiro atoms. The Kier molecular flexibility index (Phi) is 5.49. The van der Waals surface area contributed by atoms with Crippen LogP contribution in [0.2, 0.25) is 5.02 Å². The molecule has 0 unspecified atom stereocenters. The van der Waals surface area contributed by atoms with E-state index in [1.807, 2.05) is 43.3 Å². The number of nitrogens with one attached hydrogen (secondary N) is 1. The summed E-state index contributed by atoms with van der Waals surface area (Å²) in [6.45, 7) is 3.77. The van der Waals surface area contributed by atoms with Gasteiger partial charge in [0.1, 0.15) is 0 Å². The number of hydrogen-bond acceptors (Lipinski definition) is 5. The number of nitrogen functional groups attached to an aromatic ring is 1. The number of aromatic nitrogens is 3. The number of amides is 1. The van der Waals surface area contributed by atoms with Gasteiger partial charge in [-0.2, -0.15) is 0 Å². The van der Waals surface area contributed by atoms with Crippen molar-refractivity contribution in [3.63, 3.8) is 0 Å². The molecule has 2 aromatic carbocycles. The van der Waals surface area contributed by atoms with E-state index in [0.29, 0.717) is 16.0 Å². The maximum atomic E-state index is 12.4. The molecule has 0 fully saturated rings. The molecule has 3 rings (SSSR count). The van der Waals surface area contributed by atoms with Crippen LogP contribution in [0.4, 0.5) is 5.69 Å². The summed E-state index contributed by atoms with van der Waals surface area (Å²) in [7, 11) is 0. The minimum Gasteiger partial charge on any atom is -0.335 e. The van der Waals surface area contributed by atoms with Crippen molar-refractivity contribution in [1.29, 1.82) is 0 Å². The monoisotopic (exact) mass is 387 g/mol. The van der Waals surface area contributed by atoms with E-state index in [4.69, 9.17) is 17.4 Å². The predicted molar refractivity (Wildman–Crippen MR) is 106 cm³/mol. The van der Waals surface area contributed by atoms with Crippen molar-refractivity contribution >= 4 is 35.0 Å². The standard InChI is InChI=1S/C18H18ClN5OS/c1-11-4-3-5-15(10-11)21-17(25)12(2)26-18-23-22-16(24(18)20)13-6-8-14(19)9-7-13/h3-10,12H,20H2,1-2H3,(H,21,25)/t12-/m0/s1. The SMILES string of the molecule is Cc1cccc(NC(=O)[C@H](C)Sc2nnc(-c3ccc(Cl)cc3)n2N)c1. The second-order valence-corrected chi connectivity index (χ2v) is 7.55. The maximum Gasteiger partial charge on any atom is 0.237 e. The Hall–Kier alpha value is -2.51. The van der Waals surface area contributed by atoms with Crippen LogP contribution >= 0.6 is 23.4 Å². The third-order valence-corrected chi connectivity index (χ3v) is 5.01. The van der Waals surface area contributed by atoms with E-state index in [1.54, 1.807) is 19.1 Å². The van der Waals surface area contributed by atoms with E-state index in [-0.39, 0.29) is 11.2 Å². The summed E-state index contributed by atoms with van der Waals surface area (Å²) in [4.78, 5) is 12.4. The molecule has 26 heavy (non-hydrogen) atoms. The lowest BCUT2D eigenvalue weighted by molar-refractivity contribution is -0.115. The summed E-state index contributed by atoms with van der Waals surface area (Å²) < 4.78 is 1.38. The normalized spacial score (nSPS) is 12.0. The highest BCUT2D eigenvalue weighted by molar-refractivity contribution is 8.00. The third-order valence-electron chi connectivity index (χ3n) is 3.70. The molecular weight excluding hydrogens is 370 g/mol. The topological polar surface area (TPSA) is 85.8 Å². The summed E-state index contributed by atoms with van der Waals surface area (Å²) >= 11 is 7.15. The van der Waals surface area contributed by atoms with E-state index in [2.05, 4.69) is 15.5 Å². The smallest absolute Gasteiger partial charge is 0.237 e. The van der Waals surface area contributed by atoms with Crippen LogP contribution in [-0.2, 0) is 4.79 Å². The summed E-state index contributed by atoms with van der Waals surface area (Å²) in [5, 5.41) is 11.8. The Morgan fingerprint density at radius 3 is 2.65 bits per heavy atom. The first kappa shape index (κ1) is 18.3. The Balaban J connectivity index is 1.70. The van der Waals surface area contributed by atoms with Gasteiger partial charge in [-0.1, -0.05) is 35.5 Å². The summed E-state index contributed by atoms with van der Waals surface area (Å²) in [6, 6.07) is 14.8. The number of thioether (sulfide) groups is 1. The Bertz CT molecular complexity index is 926. The highest BCUT2D eigenvalue weighted by Crippen LogP contribution is 2.26. The molecule has 0 saturated heterocycles. The number of hydrogen-bond donors (Lipinski definition) is 2. The van der Waals surface area contributed by atoms with Crippen LogP contribution in [0.1, 0.15) is 12.5 Å². The van der Waals surface area contributed by atoms with Crippen molar-refractivity contribution in [3.8, 4) is 11.4 Å². The van der Waals surface area contributed by atoms with Crippen molar-refractivity contribution in [3.05, 3.63) is 59.1 Å². The van der Waals surface area contributed by atoms with Gasteiger partial charge < -0.3 is 11.2 Å². The molecule has 8 heteroatoms. The molecule has 6 nitrogen and oxygen atoms in total. The lowest BCUT2D eigenvalue weighted by Crippen LogP contribution is -2.23. The largest absolute Gasteiger partial charge is 0.335 e. The minimum absolute atomic E-state index is 0.128. The van der Waals surface area contributed by atoms with Gasteiger partial charge in [-0.25, -0.2) is 4.68 Å². The Morgan fingerprint density at radius 2 is 1.96 bits per heavy atom. The van der Waals surface area contributed by atoms with E-state index < -0.39 is 0 Å². The fraction of sp³-hybridized carbons (Fsp3) is 0.167. The quantitative estimate of drug-likeness (QED) is 0.514. The van der Waals surface area contributed by atoms with E-state index in [0.717, 1.165) is 16.8 Å². The molecule has 1 heterocycles.